The third-order valence-electron chi connectivity index (χ3n) is 9.18. The summed E-state index contributed by atoms with van der Waals surface area (Å²) >= 11 is 1.65. The first-order valence-corrected chi connectivity index (χ1v) is 16.1. The molecule has 4 rings (SSSR count). The molecule has 0 saturated carbocycles. The summed E-state index contributed by atoms with van der Waals surface area (Å²) in [5, 5.41) is 10.2. The number of amides is 3. The lowest BCUT2D eigenvalue weighted by atomic mass is 9.66. The zero-order valence-corrected chi connectivity index (χ0v) is 26.4. The van der Waals surface area contributed by atoms with Gasteiger partial charge in [0.1, 0.15) is 11.8 Å². The van der Waals surface area contributed by atoms with Crippen molar-refractivity contribution in [1.29, 1.82) is 0 Å². The fourth-order valence-electron chi connectivity index (χ4n) is 7.26. The number of anilines is 1. The van der Waals surface area contributed by atoms with Gasteiger partial charge in [-0.15, -0.1) is 24.9 Å². The molecule has 3 aliphatic heterocycles. The first kappa shape index (κ1) is 32.1. The molecule has 230 valence electrons. The normalized spacial score (nSPS) is 28.4. The van der Waals surface area contributed by atoms with Crippen LogP contribution in [0.3, 0.4) is 0 Å². The Morgan fingerprint density at radius 1 is 1.14 bits per heavy atom. The molecule has 8 nitrogen and oxygen atoms in total. The van der Waals surface area contributed by atoms with Crippen molar-refractivity contribution in [3.8, 4) is 5.75 Å². The first-order valence-electron chi connectivity index (χ1n) is 15.3. The minimum atomic E-state index is -0.748. The molecule has 2 bridgehead atoms. The summed E-state index contributed by atoms with van der Waals surface area (Å²) in [6, 6.07) is 6.10. The number of hydrogen-bond donors (Lipinski definition) is 1. The lowest BCUT2D eigenvalue weighted by Gasteiger charge is -2.39. The number of fused-ring (bicyclic) bond motifs is 1. The van der Waals surface area contributed by atoms with Crippen molar-refractivity contribution in [2.24, 2.45) is 11.8 Å². The number of hydrogen-bond acceptors (Lipinski definition) is 6. The van der Waals surface area contributed by atoms with Gasteiger partial charge in [-0.05, 0) is 64.3 Å². The molecular formula is C33H47N3O5S. The highest BCUT2D eigenvalue weighted by molar-refractivity contribution is 8.02. The summed E-state index contributed by atoms with van der Waals surface area (Å²) in [5.41, 5.74) is 0.709. The predicted molar refractivity (Wildman–Crippen MR) is 169 cm³/mol. The molecule has 1 spiro atoms. The van der Waals surface area contributed by atoms with Crippen LogP contribution in [-0.2, 0) is 14.4 Å². The number of aliphatic hydroxyl groups is 1. The monoisotopic (exact) mass is 597 g/mol. The fraction of sp³-hybridized carbons (Fsp3) is 0.606. The number of unbranched alkanes of at least 4 members (excludes halogenated alkanes) is 2. The van der Waals surface area contributed by atoms with E-state index in [2.05, 4.69) is 27.0 Å². The molecule has 3 saturated heterocycles. The van der Waals surface area contributed by atoms with E-state index in [1.807, 2.05) is 36.1 Å². The number of nitrogens with zero attached hydrogens (tertiary/aromatic N) is 3. The molecule has 2 unspecified atom stereocenters. The SMILES string of the molecule is C=CCN(CCCCC)C(=O)C1N([C@H](C)CO)C(=O)[C@@H]2[C@H](C(=O)N(CC=C)c3ccc(OCC)cc3)[C@]3(C)CCC12S3. The number of carbonyl (C=O) groups excluding carboxylic acids is 3. The van der Waals surface area contributed by atoms with Crippen LogP contribution in [0.25, 0.3) is 0 Å². The summed E-state index contributed by atoms with van der Waals surface area (Å²) in [5.74, 6) is -1.01. The van der Waals surface area contributed by atoms with Gasteiger partial charge in [0.15, 0.2) is 0 Å². The van der Waals surface area contributed by atoms with Crippen molar-refractivity contribution in [1.82, 2.24) is 9.80 Å². The molecule has 1 aromatic carbocycles. The maximum atomic E-state index is 14.6. The minimum Gasteiger partial charge on any atom is -0.494 e. The molecule has 0 aliphatic carbocycles. The Balaban J connectivity index is 1.75. The number of benzene rings is 1. The van der Waals surface area contributed by atoms with Crippen molar-refractivity contribution in [3.63, 3.8) is 0 Å². The number of ether oxygens (including phenoxy) is 1. The molecular weight excluding hydrogens is 550 g/mol. The Bertz CT molecular complexity index is 1170. The Kier molecular flexibility index (Phi) is 10.1. The molecule has 1 aromatic rings. The second-order valence-corrected chi connectivity index (χ2v) is 13.8. The van der Waals surface area contributed by atoms with Crippen LogP contribution >= 0.6 is 11.8 Å². The van der Waals surface area contributed by atoms with Gasteiger partial charge in [-0.3, -0.25) is 14.4 Å². The first-order chi connectivity index (χ1) is 20.1. The second-order valence-electron chi connectivity index (χ2n) is 11.9. The number of likely N-dealkylation sites (tertiary alicyclic amines) is 1. The molecule has 42 heavy (non-hydrogen) atoms. The van der Waals surface area contributed by atoms with E-state index in [9.17, 15) is 19.5 Å². The molecule has 3 amide bonds. The summed E-state index contributed by atoms with van der Waals surface area (Å²) < 4.78 is 4.35. The molecule has 3 fully saturated rings. The number of carbonyl (C=O) groups is 3. The lowest BCUT2D eigenvalue weighted by Crippen LogP contribution is -2.57. The van der Waals surface area contributed by atoms with Crippen LogP contribution in [0, 0.1) is 11.8 Å². The van der Waals surface area contributed by atoms with E-state index < -0.39 is 33.4 Å². The average Bonchev–Trinajstić information content (AvgIpc) is 3.55. The van der Waals surface area contributed by atoms with Crippen LogP contribution in [-0.4, -0.2) is 87.1 Å². The Labute approximate surface area is 255 Å². The van der Waals surface area contributed by atoms with E-state index in [1.54, 1.807) is 40.6 Å². The molecule has 0 aromatic heterocycles. The standard InChI is InChI=1S/C33H47N3O5S/c1-7-11-12-21-34(19-8-2)31(40)28-33-18-17-32(6,42-33)26(27(33)30(39)36(28)23(5)22-37)29(38)35(20-9-3)24-13-15-25(16-14-24)41-10-4/h8-9,13-16,23,26-28,37H,2-3,7,10-12,17-22H2,1,4-6H3/t23-,26-,27+,28?,32+,33?/m1/s1. The van der Waals surface area contributed by atoms with E-state index in [0.29, 0.717) is 38.3 Å². The van der Waals surface area contributed by atoms with Gasteiger partial charge in [-0.1, -0.05) is 31.9 Å². The highest BCUT2D eigenvalue weighted by Gasteiger charge is 2.77. The van der Waals surface area contributed by atoms with Crippen LogP contribution < -0.4 is 9.64 Å². The molecule has 0 radical (unpaired) electrons. The summed E-state index contributed by atoms with van der Waals surface area (Å²) in [7, 11) is 0. The van der Waals surface area contributed by atoms with Gasteiger partial charge in [-0.2, -0.15) is 0 Å². The molecule has 6 atom stereocenters. The van der Waals surface area contributed by atoms with Gasteiger partial charge in [-0.25, -0.2) is 0 Å². The van der Waals surface area contributed by atoms with Crippen LogP contribution in [0.5, 0.6) is 5.75 Å². The van der Waals surface area contributed by atoms with Crippen LogP contribution in [0.4, 0.5) is 5.69 Å². The third-order valence-corrected chi connectivity index (χ3v) is 11.2. The Morgan fingerprint density at radius 3 is 2.43 bits per heavy atom. The maximum Gasteiger partial charge on any atom is 0.247 e. The van der Waals surface area contributed by atoms with Crippen LogP contribution in [0.1, 0.15) is 59.8 Å². The summed E-state index contributed by atoms with van der Waals surface area (Å²) in [6.45, 7) is 17.2. The van der Waals surface area contributed by atoms with Crippen molar-refractivity contribution >= 4 is 35.2 Å². The predicted octanol–water partition coefficient (Wildman–Crippen LogP) is 4.67. The van der Waals surface area contributed by atoms with E-state index in [4.69, 9.17) is 4.74 Å². The highest BCUT2D eigenvalue weighted by atomic mass is 32.2. The topological polar surface area (TPSA) is 90.4 Å². The van der Waals surface area contributed by atoms with E-state index in [-0.39, 0.29) is 24.3 Å². The second kappa shape index (κ2) is 13.2. The summed E-state index contributed by atoms with van der Waals surface area (Å²) in [6.07, 6.45) is 7.72. The van der Waals surface area contributed by atoms with Gasteiger partial charge in [0, 0.05) is 30.1 Å². The molecule has 3 heterocycles. The number of rotatable bonds is 15. The fourth-order valence-corrected chi connectivity index (χ4v) is 9.59. The maximum absolute atomic E-state index is 14.6. The van der Waals surface area contributed by atoms with Gasteiger partial charge >= 0.3 is 0 Å². The Hall–Kier alpha value is -2.78. The van der Waals surface area contributed by atoms with Crippen LogP contribution in [0.15, 0.2) is 49.6 Å². The third kappa shape index (κ3) is 5.50. The largest absolute Gasteiger partial charge is 0.494 e. The summed E-state index contributed by atoms with van der Waals surface area (Å²) in [4.78, 5) is 48.5. The van der Waals surface area contributed by atoms with E-state index >= 15 is 0 Å². The molecule has 1 N–H and O–H groups in total. The Morgan fingerprint density at radius 2 is 1.83 bits per heavy atom. The minimum absolute atomic E-state index is 0.110. The van der Waals surface area contributed by atoms with Gasteiger partial charge in [0.25, 0.3) is 0 Å². The van der Waals surface area contributed by atoms with E-state index in [0.717, 1.165) is 31.4 Å². The number of thioether (sulfide) groups is 1. The van der Waals surface area contributed by atoms with Gasteiger partial charge < -0.3 is 24.5 Å². The van der Waals surface area contributed by atoms with E-state index in [1.165, 1.54) is 0 Å². The average molecular weight is 598 g/mol. The van der Waals surface area contributed by atoms with Gasteiger partial charge in [0.2, 0.25) is 17.7 Å². The smallest absolute Gasteiger partial charge is 0.247 e. The van der Waals surface area contributed by atoms with Crippen molar-refractivity contribution in [3.05, 3.63) is 49.6 Å². The zero-order chi connectivity index (χ0) is 30.7. The zero-order valence-electron chi connectivity index (χ0n) is 25.6. The molecule has 9 heteroatoms. The number of aliphatic hydroxyl groups excluding tert-OH is 1. The van der Waals surface area contributed by atoms with Crippen molar-refractivity contribution < 1.29 is 24.2 Å². The van der Waals surface area contributed by atoms with Crippen LogP contribution in [0.2, 0.25) is 0 Å². The van der Waals surface area contributed by atoms with Gasteiger partial charge in [0.05, 0.1) is 35.8 Å². The highest BCUT2D eigenvalue weighted by Crippen LogP contribution is 2.72. The molecule has 3 aliphatic rings. The lowest BCUT2D eigenvalue weighted by molar-refractivity contribution is -0.145. The van der Waals surface area contributed by atoms with Crippen molar-refractivity contribution in [2.45, 2.75) is 81.4 Å². The van der Waals surface area contributed by atoms with Crippen molar-refractivity contribution in [2.75, 3.05) is 37.7 Å². The quantitative estimate of drug-likeness (QED) is 0.234.